The maximum atomic E-state index is 13.3. The topological polar surface area (TPSA) is 65.3 Å². The third-order valence-corrected chi connectivity index (χ3v) is 6.34. The van der Waals surface area contributed by atoms with Crippen LogP contribution in [0.2, 0.25) is 0 Å². The van der Waals surface area contributed by atoms with Crippen LogP contribution in [0.5, 0.6) is 5.88 Å². The molecule has 1 aliphatic heterocycles. The van der Waals surface area contributed by atoms with Gasteiger partial charge in [0.1, 0.15) is 11.9 Å². The fourth-order valence-corrected chi connectivity index (χ4v) is 4.17. The lowest BCUT2D eigenvalue weighted by atomic mass is 10.1. The van der Waals surface area contributed by atoms with E-state index in [1.807, 2.05) is 19.1 Å². The number of halogens is 1. The van der Waals surface area contributed by atoms with Gasteiger partial charge in [-0.25, -0.2) is 9.37 Å². The number of benzene rings is 2. The Bertz CT molecular complexity index is 1090. The van der Waals surface area contributed by atoms with Crippen LogP contribution in [0.3, 0.4) is 0 Å². The van der Waals surface area contributed by atoms with Crippen LogP contribution in [0, 0.1) is 17.1 Å². The van der Waals surface area contributed by atoms with E-state index in [9.17, 15) is 4.39 Å². The molecule has 0 aliphatic carbocycles. The molecule has 164 valence electrons. The highest BCUT2D eigenvalue weighted by Gasteiger charge is 2.20. The molecule has 0 radical (unpaired) electrons. The van der Waals surface area contributed by atoms with Gasteiger partial charge in [-0.1, -0.05) is 23.9 Å². The summed E-state index contributed by atoms with van der Waals surface area (Å²) in [6.45, 7) is 5.53. The van der Waals surface area contributed by atoms with Crippen molar-refractivity contribution in [1.82, 2.24) is 14.9 Å². The van der Waals surface area contributed by atoms with Crippen molar-refractivity contribution in [2.75, 3.05) is 38.1 Å². The lowest BCUT2D eigenvalue weighted by Gasteiger charge is -2.32. The summed E-state index contributed by atoms with van der Waals surface area (Å²) in [4.78, 5) is 15.5. The Kier molecular flexibility index (Phi) is 6.88. The molecule has 0 unspecified atom stereocenters. The van der Waals surface area contributed by atoms with Crippen molar-refractivity contribution >= 4 is 17.7 Å². The van der Waals surface area contributed by atoms with E-state index in [2.05, 4.69) is 27.9 Å². The van der Waals surface area contributed by atoms with Crippen molar-refractivity contribution in [2.45, 2.75) is 22.8 Å². The third kappa shape index (κ3) is 5.36. The average molecular weight is 450 g/mol. The van der Waals surface area contributed by atoms with Gasteiger partial charge in [0.15, 0.2) is 0 Å². The second kappa shape index (κ2) is 9.98. The largest absolute Gasteiger partial charge is 0.469 e. The molecule has 1 aliphatic rings. The first-order valence-electron chi connectivity index (χ1n) is 10.4. The van der Waals surface area contributed by atoms with E-state index < -0.39 is 0 Å². The van der Waals surface area contributed by atoms with Crippen LogP contribution in [-0.4, -0.2) is 48.1 Å². The molecular weight excluding hydrogens is 425 g/mol. The van der Waals surface area contributed by atoms with Gasteiger partial charge in [-0.15, -0.1) is 0 Å². The number of nitrogens with zero attached hydrogens (tertiary/aromatic N) is 5. The second-order valence-corrected chi connectivity index (χ2v) is 8.79. The fraction of sp³-hybridized carbons (Fsp3) is 0.292. The highest BCUT2D eigenvalue weighted by Crippen LogP contribution is 2.36. The van der Waals surface area contributed by atoms with Crippen molar-refractivity contribution in [1.29, 1.82) is 5.26 Å². The molecule has 3 aromatic rings. The molecular formula is C24H24FN5OS. The van der Waals surface area contributed by atoms with Crippen LogP contribution < -0.4 is 9.64 Å². The molecule has 6 nitrogen and oxygen atoms in total. The minimum absolute atomic E-state index is 0.280. The molecule has 2 heterocycles. The highest BCUT2D eigenvalue weighted by atomic mass is 32.2. The highest BCUT2D eigenvalue weighted by molar-refractivity contribution is 7.99. The molecule has 8 heteroatoms. The molecule has 1 atom stereocenters. The Labute approximate surface area is 191 Å². The van der Waals surface area contributed by atoms with E-state index in [0.717, 1.165) is 41.5 Å². The van der Waals surface area contributed by atoms with Gasteiger partial charge in [-0.05, 0) is 55.9 Å². The molecule has 0 N–H and O–H groups in total. The molecule has 4 rings (SSSR count). The zero-order chi connectivity index (χ0) is 22.5. The number of rotatable bonds is 6. The summed E-state index contributed by atoms with van der Waals surface area (Å²) in [5.74, 6) is 0.848. The summed E-state index contributed by atoms with van der Waals surface area (Å²) >= 11 is 1.48. The van der Waals surface area contributed by atoms with Crippen LogP contribution in [0.4, 0.5) is 10.3 Å². The van der Waals surface area contributed by atoms with Crippen molar-refractivity contribution < 1.29 is 9.13 Å². The van der Waals surface area contributed by atoms with Crippen molar-refractivity contribution in [3.05, 3.63) is 71.7 Å². The van der Waals surface area contributed by atoms with E-state index in [1.54, 1.807) is 30.5 Å². The van der Waals surface area contributed by atoms with Crippen molar-refractivity contribution in [3.8, 4) is 11.9 Å². The van der Waals surface area contributed by atoms with Crippen LogP contribution in [0.1, 0.15) is 24.2 Å². The molecule has 1 saturated heterocycles. The predicted octanol–water partition coefficient (Wildman–Crippen LogP) is 4.53. The summed E-state index contributed by atoms with van der Waals surface area (Å²) in [5.41, 5.74) is 1.47. The lowest BCUT2D eigenvalue weighted by Crippen LogP contribution is -2.45. The number of hydrogen-bond donors (Lipinski definition) is 0. The van der Waals surface area contributed by atoms with Gasteiger partial charge in [0.05, 0.1) is 22.7 Å². The van der Waals surface area contributed by atoms with E-state index >= 15 is 0 Å². The Morgan fingerprint density at radius 2 is 1.75 bits per heavy atom. The van der Waals surface area contributed by atoms with Gasteiger partial charge in [0.25, 0.3) is 0 Å². The molecule has 32 heavy (non-hydrogen) atoms. The van der Waals surface area contributed by atoms with Gasteiger partial charge in [-0.2, -0.15) is 10.2 Å². The van der Waals surface area contributed by atoms with Crippen LogP contribution in [0.15, 0.2) is 64.5 Å². The number of likely N-dealkylation sites (N-methyl/N-ethyl adjacent to an activating group) is 1. The number of ether oxygens (including phenoxy) is 1. The summed E-state index contributed by atoms with van der Waals surface area (Å²) in [6.07, 6.45) is 1.47. The summed E-state index contributed by atoms with van der Waals surface area (Å²) in [5, 5.41) is 9.03. The van der Waals surface area contributed by atoms with E-state index in [-0.39, 0.29) is 11.9 Å². The molecule has 1 fully saturated rings. The third-order valence-electron chi connectivity index (χ3n) is 5.33. The standard InChI is InChI=1S/C24H24FN5OS/c1-17(19-5-7-20(25)8-6-19)31-23-22(32-21-9-3-18(15-26)4-10-21)16-27-24(28-23)30-13-11-29(2)12-14-30/h3-10,16-17H,11-14H2,1-2H3/t17-/m0/s1. The fourth-order valence-electron chi connectivity index (χ4n) is 3.35. The predicted molar refractivity (Wildman–Crippen MR) is 122 cm³/mol. The normalized spacial score (nSPS) is 15.2. The van der Waals surface area contributed by atoms with E-state index in [0.29, 0.717) is 17.4 Å². The summed E-state index contributed by atoms with van der Waals surface area (Å²) in [7, 11) is 2.11. The second-order valence-electron chi connectivity index (χ2n) is 7.68. The molecule has 0 amide bonds. The monoisotopic (exact) mass is 449 g/mol. The summed E-state index contributed by atoms with van der Waals surface area (Å²) < 4.78 is 19.6. The van der Waals surface area contributed by atoms with Gasteiger partial charge in [0.2, 0.25) is 11.8 Å². The lowest BCUT2D eigenvalue weighted by molar-refractivity contribution is 0.210. The maximum Gasteiger partial charge on any atom is 0.233 e. The zero-order valence-electron chi connectivity index (χ0n) is 18.0. The Morgan fingerprint density at radius 3 is 2.41 bits per heavy atom. The quantitative estimate of drug-likeness (QED) is 0.548. The molecule has 1 aromatic heterocycles. The zero-order valence-corrected chi connectivity index (χ0v) is 18.8. The average Bonchev–Trinajstić information content (AvgIpc) is 2.81. The minimum Gasteiger partial charge on any atom is -0.469 e. The first kappa shape index (κ1) is 22.1. The number of nitriles is 1. The van der Waals surface area contributed by atoms with Gasteiger partial charge >= 0.3 is 0 Å². The Balaban J connectivity index is 1.61. The van der Waals surface area contributed by atoms with E-state index in [4.69, 9.17) is 15.0 Å². The summed E-state index contributed by atoms with van der Waals surface area (Å²) in [6, 6.07) is 15.8. The number of aromatic nitrogens is 2. The molecule has 2 aromatic carbocycles. The van der Waals surface area contributed by atoms with E-state index in [1.165, 1.54) is 23.9 Å². The SMILES string of the molecule is C[C@H](Oc1nc(N2CCN(C)CC2)ncc1Sc1ccc(C#N)cc1)c1ccc(F)cc1. The van der Waals surface area contributed by atoms with Crippen molar-refractivity contribution in [3.63, 3.8) is 0 Å². The number of anilines is 1. The van der Waals surface area contributed by atoms with Gasteiger partial charge in [0, 0.05) is 31.1 Å². The first-order valence-corrected chi connectivity index (χ1v) is 11.2. The Hall–Kier alpha value is -3.15. The smallest absolute Gasteiger partial charge is 0.233 e. The van der Waals surface area contributed by atoms with Gasteiger partial charge < -0.3 is 14.5 Å². The molecule has 0 spiro atoms. The first-order chi connectivity index (χ1) is 15.5. The van der Waals surface area contributed by atoms with Crippen LogP contribution >= 0.6 is 11.8 Å². The van der Waals surface area contributed by atoms with Crippen molar-refractivity contribution in [2.24, 2.45) is 0 Å². The molecule has 0 saturated carbocycles. The number of piperazine rings is 1. The number of hydrogen-bond acceptors (Lipinski definition) is 7. The van der Waals surface area contributed by atoms with Crippen LogP contribution in [0.25, 0.3) is 0 Å². The molecule has 0 bridgehead atoms. The van der Waals surface area contributed by atoms with Crippen LogP contribution in [-0.2, 0) is 0 Å². The maximum absolute atomic E-state index is 13.3. The minimum atomic E-state index is -0.314. The van der Waals surface area contributed by atoms with Gasteiger partial charge in [-0.3, -0.25) is 0 Å². The Morgan fingerprint density at radius 1 is 1.06 bits per heavy atom.